The van der Waals surface area contributed by atoms with Gasteiger partial charge in [-0.1, -0.05) is 30.3 Å². The van der Waals surface area contributed by atoms with Crippen LogP contribution < -0.4 is 5.32 Å². The van der Waals surface area contributed by atoms with E-state index in [1.165, 1.54) is 0 Å². The minimum atomic E-state index is 0.0495. The summed E-state index contributed by atoms with van der Waals surface area (Å²) in [5.74, 6) is 0.0495. The van der Waals surface area contributed by atoms with E-state index in [0.29, 0.717) is 13.1 Å². The van der Waals surface area contributed by atoms with Crippen LogP contribution in [-0.4, -0.2) is 42.7 Å². The molecule has 0 aromatic heterocycles. The van der Waals surface area contributed by atoms with Crippen LogP contribution in [0.15, 0.2) is 30.3 Å². The van der Waals surface area contributed by atoms with Crippen molar-refractivity contribution in [3.8, 4) is 0 Å². The number of aliphatic hydroxyl groups excluding tert-OH is 1. The zero-order valence-corrected chi connectivity index (χ0v) is 11.6. The molecule has 106 valence electrons. The van der Waals surface area contributed by atoms with Crippen molar-refractivity contribution < 1.29 is 9.90 Å². The zero-order valence-electron chi connectivity index (χ0n) is 11.6. The molecular formula is C15H24N2O2. The summed E-state index contributed by atoms with van der Waals surface area (Å²) in [6, 6.07) is 9.90. The van der Waals surface area contributed by atoms with Crippen LogP contribution >= 0.6 is 0 Å². The van der Waals surface area contributed by atoms with Crippen molar-refractivity contribution in [2.45, 2.75) is 25.8 Å². The summed E-state index contributed by atoms with van der Waals surface area (Å²) in [4.78, 5) is 13.7. The van der Waals surface area contributed by atoms with Crippen LogP contribution in [0.3, 0.4) is 0 Å². The first kappa shape index (κ1) is 15.7. The lowest BCUT2D eigenvalue weighted by atomic mass is 10.2. The normalized spacial score (nSPS) is 10.7. The third-order valence-corrected chi connectivity index (χ3v) is 2.94. The van der Waals surface area contributed by atoms with Crippen LogP contribution in [0, 0.1) is 0 Å². The van der Waals surface area contributed by atoms with Crippen molar-refractivity contribution in [3.63, 3.8) is 0 Å². The molecule has 0 fully saturated rings. The Labute approximate surface area is 115 Å². The van der Waals surface area contributed by atoms with E-state index in [9.17, 15) is 4.79 Å². The first-order valence-corrected chi connectivity index (χ1v) is 6.82. The van der Waals surface area contributed by atoms with Crippen LogP contribution in [0.1, 0.15) is 24.8 Å². The molecule has 0 spiro atoms. The molecule has 19 heavy (non-hydrogen) atoms. The van der Waals surface area contributed by atoms with E-state index >= 15 is 0 Å². The maximum absolute atomic E-state index is 11.7. The number of unbranched alkanes of at least 4 members (excludes halogenated alkanes) is 2. The first-order valence-electron chi connectivity index (χ1n) is 6.82. The molecule has 0 saturated heterocycles. The summed E-state index contributed by atoms with van der Waals surface area (Å²) < 4.78 is 0. The standard InChI is InChI=1S/C15H24N2O2/c1-17(10-6-3-7-11-18)13-15(19)16-12-14-8-4-2-5-9-14/h2,4-5,8-9,18H,3,6-7,10-13H2,1H3,(H,16,19). The summed E-state index contributed by atoms with van der Waals surface area (Å²) in [6.45, 7) is 2.14. The predicted molar refractivity (Wildman–Crippen MR) is 76.7 cm³/mol. The molecule has 0 aliphatic heterocycles. The maximum atomic E-state index is 11.7. The van der Waals surface area contributed by atoms with Gasteiger partial charge in [0.05, 0.1) is 6.54 Å². The zero-order chi connectivity index (χ0) is 13.9. The molecule has 1 aromatic carbocycles. The van der Waals surface area contributed by atoms with Gasteiger partial charge in [0, 0.05) is 13.2 Å². The predicted octanol–water partition coefficient (Wildman–Crippen LogP) is 1.40. The molecule has 0 saturated carbocycles. The molecule has 0 aliphatic rings. The molecule has 2 N–H and O–H groups in total. The quantitative estimate of drug-likeness (QED) is 0.663. The van der Waals surface area contributed by atoms with Crippen LogP contribution in [0.5, 0.6) is 0 Å². The Morgan fingerprint density at radius 3 is 2.63 bits per heavy atom. The largest absolute Gasteiger partial charge is 0.396 e. The van der Waals surface area contributed by atoms with Gasteiger partial charge in [0.15, 0.2) is 0 Å². The van der Waals surface area contributed by atoms with Gasteiger partial charge in [-0.25, -0.2) is 0 Å². The fourth-order valence-corrected chi connectivity index (χ4v) is 1.85. The Kier molecular flexibility index (Phi) is 7.86. The topological polar surface area (TPSA) is 52.6 Å². The van der Waals surface area contributed by atoms with E-state index in [4.69, 9.17) is 5.11 Å². The van der Waals surface area contributed by atoms with E-state index in [2.05, 4.69) is 5.32 Å². The van der Waals surface area contributed by atoms with Crippen LogP contribution in [0.25, 0.3) is 0 Å². The van der Waals surface area contributed by atoms with Gasteiger partial charge in [-0.2, -0.15) is 0 Å². The first-order chi connectivity index (χ1) is 9.22. The van der Waals surface area contributed by atoms with Gasteiger partial charge >= 0.3 is 0 Å². The van der Waals surface area contributed by atoms with E-state index in [0.717, 1.165) is 31.4 Å². The van der Waals surface area contributed by atoms with Gasteiger partial charge in [-0.05, 0) is 38.4 Å². The number of benzene rings is 1. The number of carbonyl (C=O) groups is 1. The smallest absolute Gasteiger partial charge is 0.234 e. The average molecular weight is 264 g/mol. The number of aliphatic hydroxyl groups is 1. The van der Waals surface area contributed by atoms with Gasteiger partial charge in [-0.15, -0.1) is 0 Å². The Hall–Kier alpha value is -1.39. The Morgan fingerprint density at radius 1 is 1.21 bits per heavy atom. The number of rotatable bonds is 9. The number of amides is 1. The minimum Gasteiger partial charge on any atom is -0.396 e. The molecule has 4 nitrogen and oxygen atoms in total. The second-order valence-corrected chi connectivity index (χ2v) is 4.78. The molecule has 1 aromatic rings. The van der Waals surface area contributed by atoms with Crippen molar-refractivity contribution in [2.75, 3.05) is 26.7 Å². The van der Waals surface area contributed by atoms with Crippen molar-refractivity contribution >= 4 is 5.91 Å². The van der Waals surface area contributed by atoms with Crippen molar-refractivity contribution in [1.29, 1.82) is 0 Å². The molecule has 0 atom stereocenters. The monoisotopic (exact) mass is 264 g/mol. The summed E-state index contributed by atoms with van der Waals surface area (Å²) >= 11 is 0. The number of likely N-dealkylation sites (N-methyl/N-ethyl adjacent to an activating group) is 1. The molecule has 1 amide bonds. The third-order valence-electron chi connectivity index (χ3n) is 2.94. The third kappa shape index (κ3) is 7.59. The molecule has 0 bridgehead atoms. The lowest BCUT2D eigenvalue weighted by Gasteiger charge is -2.16. The van der Waals surface area contributed by atoms with Crippen molar-refractivity contribution in [3.05, 3.63) is 35.9 Å². The van der Waals surface area contributed by atoms with E-state index in [1.54, 1.807) is 0 Å². The van der Waals surface area contributed by atoms with Gasteiger partial charge in [-0.3, -0.25) is 9.69 Å². The van der Waals surface area contributed by atoms with E-state index in [1.807, 2.05) is 42.3 Å². The highest BCUT2D eigenvalue weighted by molar-refractivity contribution is 5.77. The van der Waals surface area contributed by atoms with E-state index < -0.39 is 0 Å². The highest BCUT2D eigenvalue weighted by Crippen LogP contribution is 1.98. The van der Waals surface area contributed by atoms with Gasteiger partial charge < -0.3 is 10.4 Å². The number of nitrogens with zero attached hydrogens (tertiary/aromatic N) is 1. The molecular weight excluding hydrogens is 240 g/mol. The number of carbonyl (C=O) groups excluding carboxylic acids is 1. The second kappa shape index (κ2) is 9.53. The average Bonchev–Trinajstić information content (AvgIpc) is 2.42. The fraction of sp³-hybridized carbons (Fsp3) is 0.533. The van der Waals surface area contributed by atoms with E-state index in [-0.39, 0.29) is 12.5 Å². The fourth-order valence-electron chi connectivity index (χ4n) is 1.85. The molecule has 0 radical (unpaired) electrons. The number of hydrogen-bond donors (Lipinski definition) is 2. The van der Waals surface area contributed by atoms with Gasteiger partial charge in [0.1, 0.15) is 0 Å². The second-order valence-electron chi connectivity index (χ2n) is 4.78. The Bertz CT molecular complexity index is 354. The highest BCUT2D eigenvalue weighted by atomic mass is 16.2. The highest BCUT2D eigenvalue weighted by Gasteiger charge is 2.05. The number of nitrogens with one attached hydrogen (secondary N) is 1. The Morgan fingerprint density at radius 2 is 1.95 bits per heavy atom. The molecule has 0 heterocycles. The van der Waals surface area contributed by atoms with Gasteiger partial charge in [0.25, 0.3) is 0 Å². The summed E-state index contributed by atoms with van der Waals surface area (Å²) in [6.07, 6.45) is 2.86. The molecule has 4 heteroatoms. The summed E-state index contributed by atoms with van der Waals surface area (Å²) in [5, 5.41) is 11.6. The lowest BCUT2D eigenvalue weighted by Crippen LogP contribution is -2.35. The Balaban J connectivity index is 2.13. The van der Waals surface area contributed by atoms with Crippen molar-refractivity contribution in [1.82, 2.24) is 10.2 Å². The lowest BCUT2D eigenvalue weighted by molar-refractivity contribution is -0.122. The minimum absolute atomic E-state index is 0.0495. The van der Waals surface area contributed by atoms with Crippen molar-refractivity contribution in [2.24, 2.45) is 0 Å². The molecule has 0 aliphatic carbocycles. The SMILES string of the molecule is CN(CCCCCO)CC(=O)NCc1ccccc1. The number of hydrogen-bond acceptors (Lipinski definition) is 3. The van der Waals surface area contributed by atoms with Crippen LogP contribution in [-0.2, 0) is 11.3 Å². The summed E-state index contributed by atoms with van der Waals surface area (Å²) in [7, 11) is 1.95. The van der Waals surface area contributed by atoms with Crippen LogP contribution in [0.2, 0.25) is 0 Å². The molecule has 1 rings (SSSR count). The maximum Gasteiger partial charge on any atom is 0.234 e. The van der Waals surface area contributed by atoms with Gasteiger partial charge in [0.2, 0.25) is 5.91 Å². The summed E-state index contributed by atoms with van der Waals surface area (Å²) in [5.41, 5.74) is 1.11. The van der Waals surface area contributed by atoms with Crippen LogP contribution in [0.4, 0.5) is 0 Å². The molecule has 0 unspecified atom stereocenters.